The molecule has 0 bridgehead atoms. The zero-order chi connectivity index (χ0) is 19.6. The Labute approximate surface area is 139 Å². The zero-order valence-electron chi connectivity index (χ0n) is 15.1. The van der Waals surface area contributed by atoms with Crippen molar-refractivity contribution in [1.29, 1.82) is 0 Å². The molecule has 24 heavy (non-hydrogen) atoms. The first-order valence-electron chi connectivity index (χ1n) is 7.65. The molecule has 0 spiro atoms. The van der Waals surface area contributed by atoms with E-state index in [1.54, 1.807) is 20.8 Å². The van der Waals surface area contributed by atoms with Crippen LogP contribution < -0.4 is 0 Å². The molecule has 2 unspecified atom stereocenters. The van der Waals surface area contributed by atoms with Gasteiger partial charge in [-0.1, -0.05) is 6.92 Å². The van der Waals surface area contributed by atoms with Gasteiger partial charge in [-0.2, -0.15) is 13.2 Å². The predicted molar refractivity (Wildman–Crippen MR) is 80.0 cm³/mol. The van der Waals surface area contributed by atoms with E-state index in [1.807, 2.05) is 0 Å². The van der Waals surface area contributed by atoms with Crippen molar-refractivity contribution in [3.8, 4) is 0 Å². The Morgan fingerprint density at radius 3 is 1.75 bits per heavy atom. The lowest BCUT2D eigenvalue weighted by Gasteiger charge is -2.33. The van der Waals surface area contributed by atoms with Gasteiger partial charge in [-0.3, -0.25) is 4.79 Å². The number of carbonyl (C=O) groups excluding carboxylic acids is 2. The van der Waals surface area contributed by atoms with Gasteiger partial charge in [0.1, 0.15) is 5.60 Å². The van der Waals surface area contributed by atoms with Gasteiger partial charge >= 0.3 is 18.1 Å². The molecular weight excluding hydrogens is 332 g/mol. The van der Waals surface area contributed by atoms with E-state index >= 15 is 0 Å². The minimum Gasteiger partial charge on any atom is -0.458 e. The van der Waals surface area contributed by atoms with Crippen LogP contribution in [0.4, 0.5) is 17.6 Å². The van der Waals surface area contributed by atoms with E-state index in [0.29, 0.717) is 6.92 Å². The smallest absolute Gasteiger partial charge is 0.425 e. The van der Waals surface area contributed by atoms with Crippen LogP contribution >= 0.6 is 0 Å². The Balaban J connectivity index is 5.21. The molecule has 0 aromatic rings. The topological polar surface area (TPSA) is 52.6 Å². The van der Waals surface area contributed by atoms with Gasteiger partial charge in [-0.15, -0.1) is 0 Å². The first-order valence-corrected chi connectivity index (χ1v) is 7.65. The fraction of sp³-hybridized carbons (Fsp3) is 0.875. The maximum atomic E-state index is 15.0. The van der Waals surface area contributed by atoms with E-state index in [-0.39, 0.29) is 6.42 Å². The van der Waals surface area contributed by atoms with Gasteiger partial charge in [0, 0.05) is 6.42 Å². The van der Waals surface area contributed by atoms with Gasteiger partial charge in [-0.25, -0.2) is 9.18 Å². The van der Waals surface area contributed by atoms with Crippen molar-refractivity contribution in [3.63, 3.8) is 0 Å². The number of carbonyl (C=O) groups is 2. The van der Waals surface area contributed by atoms with Crippen molar-refractivity contribution in [2.45, 2.75) is 84.9 Å². The Morgan fingerprint density at radius 2 is 1.42 bits per heavy atom. The third kappa shape index (κ3) is 6.65. The summed E-state index contributed by atoms with van der Waals surface area (Å²) in [5, 5.41) is 0. The second-order valence-corrected chi connectivity index (χ2v) is 7.47. The van der Waals surface area contributed by atoms with Crippen LogP contribution in [0.25, 0.3) is 0 Å². The molecule has 4 nitrogen and oxygen atoms in total. The highest BCUT2D eigenvalue weighted by Gasteiger charge is 2.49. The number of hydrogen-bond acceptors (Lipinski definition) is 4. The van der Waals surface area contributed by atoms with Crippen molar-refractivity contribution < 1.29 is 36.6 Å². The first-order chi connectivity index (χ1) is 10.4. The Bertz CT molecular complexity index is 466. The molecular formula is C16H26F4O4. The summed E-state index contributed by atoms with van der Waals surface area (Å²) in [5.41, 5.74) is -5.07. The van der Waals surface area contributed by atoms with E-state index in [9.17, 15) is 27.2 Å². The molecule has 0 amide bonds. The van der Waals surface area contributed by atoms with Crippen molar-refractivity contribution in [2.24, 2.45) is 5.41 Å². The van der Waals surface area contributed by atoms with Gasteiger partial charge < -0.3 is 9.47 Å². The molecule has 0 aliphatic carbocycles. The maximum Gasteiger partial charge on any atom is 0.425 e. The Hall–Kier alpha value is -1.34. The molecule has 0 aliphatic heterocycles. The third-order valence-corrected chi connectivity index (χ3v) is 3.34. The van der Waals surface area contributed by atoms with Crippen LogP contribution in [0.5, 0.6) is 0 Å². The molecule has 0 fully saturated rings. The summed E-state index contributed by atoms with van der Waals surface area (Å²) in [5.74, 6) is -2.38. The normalized spacial score (nSPS) is 17.0. The lowest BCUT2D eigenvalue weighted by molar-refractivity contribution is -0.222. The number of ether oxygens (including phenoxy) is 2. The summed E-state index contributed by atoms with van der Waals surface area (Å²) in [6.07, 6.45) is -7.96. The van der Waals surface area contributed by atoms with Crippen molar-refractivity contribution >= 4 is 11.9 Å². The molecule has 0 heterocycles. The molecule has 142 valence electrons. The Kier molecular flexibility index (Phi) is 6.86. The SMILES string of the molecule is CCC(F)(CC(C)(C)C(=O)OC(C)C(F)(F)F)C(=O)OC(C)(C)C. The number of halogens is 4. The third-order valence-electron chi connectivity index (χ3n) is 3.34. The van der Waals surface area contributed by atoms with Crippen LogP contribution in [0.15, 0.2) is 0 Å². The average molecular weight is 358 g/mol. The van der Waals surface area contributed by atoms with Crippen LogP contribution in [0, 0.1) is 5.41 Å². The molecule has 0 aliphatic rings. The molecule has 0 saturated heterocycles. The number of hydrogen-bond donors (Lipinski definition) is 0. The van der Waals surface area contributed by atoms with E-state index in [0.717, 1.165) is 0 Å². The minimum absolute atomic E-state index is 0.284. The summed E-state index contributed by atoms with van der Waals surface area (Å²) in [6.45, 7) is 9.22. The molecule has 2 atom stereocenters. The predicted octanol–water partition coefficient (Wildman–Crippen LogP) is 4.36. The van der Waals surface area contributed by atoms with Crippen LogP contribution in [0.1, 0.15) is 61.3 Å². The monoisotopic (exact) mass is 358 g/mol. The molecule has 8 heteroatoms. The quantitative estimate of drug-likeness (QED) is 0.523. The summed E-state index contributed by atoms with van der Waals surface area (Å²) in [7, 11) is 0. The highest BCUT2D eigenvalue weighted by Crippen LogP contribution is 2.37. The fourth-order valence-electron chi connectivity index (χ4n) is 1.87. The van der Waals surface area contributed by atoms with Crippen molar-refractivity contribution in [1.82, 2.24) is 0 Å². The highest BCUT2D eigenvalue weighted by atomic mass is 19.4. The molecule has 0 N–H and O–H groups in total. The second kappa shape index (κ2) is 7.27. The van der Waals surface area contributed by atoms with E-state index in [4.69, 9.17) is 4.74 Å². The van der Waals surface area contributed by atoms with Crippen molar-refractivity contribution in [2.75, 3.05) is 0 Å². The molecule has 0 aromatic heterocycles. The van der Waals surface area contributed by atoms with Gasteiger partial charge in [-0.05, 0) is 48.0 Å². The molecule has 0 radical (unpaired) electrons. The number of alkyl halides is 4. The van der Waals surface area contributed by atoms with Gasteiger partial charge in [0.15, 0.2) is 6.10 Å². The van der Waals surface area contributed by atoms with Crippen LogP contribution in [-0.4, -0.2) is 35.5 Å². The standard InChI is InChI=1S/C16H26F4O4/c1-8-15(17,12(22)24-13(3,4)5)9-14(6,7)11(21)23-10(2)16(18,19)20/h10H,8-9H2,1-7H3. The zero-order valence-corrected chi connectivity index (χ0v) is 15.1. The fourth-order valence-corrected chi connectivity index (χ4v) is 1.87. The average Bonchev–Trinajstić information content (AvgIpc) is 2.34. The summed E-state index contributed by atoms with van der Waals surface area (Å²) in [4.78, 5) is 24.0. The van der Waals surface area contributed by atoms with Gasteiger partial charge in [0.2, 0.25) is 5.67 Å². The lowest BCUT2D eigenvalue weighted by atomic mass is 9.79. The van der Waals surface area contributed by atoms with E-state index < -0.39 is 47.3 Å². The maximum absolute atomic E-state index is 15.0. The molecule has 0 saturated carbocycles. The van der Waals surface area contributed by atoms with Crippen LogP contribution in [0.3, 0.4) is 0 Å². The number of rotatable bonds is 6. The summed E-state index contributed by atoms with van der Waals surface area (Å²) in [6, 6.07) is 0. The molecule has 0 aromatic carbocycles. The van der Waals surface area contributed by atoms with Crippen molar-refractivity contribution in [3.05, 3.63) is 0 Å². The van der Waals surface area contributed by atoms with Gasteiger partial charge in [0.25, 0.3) is 0 Å². The first kappa shape index (κ1) is 22.7. The van der Waals surface area contributed by atoms with Crippen LogP contribution in [-0.2, 0) is 19.1 Å². The molecule has 0 rings (SSSR count). The largest absolute Gasteiger partial charge is 0.458 e. The van der Waals surface area contributed by atoms with E-state index in [1.165, 1.54) is 20.8 Å². The van der Waals surface area contributed by atoms with E-state index in [2.05, 4.69) is 4.74 Å². The second-order valence-electron chi connectivity index (χ2n) is 7.47. The lowest BCUT2D eigenvalue weighted by Crippen LogP contribution is -2.46. The van der Waals surface area contributed by atoms with Crippen LogP contribution in [0.2, 0.25) is 0 Å². The highest BCUT2D eigenvalue weighted by molar-refractivity contribution is 5.82. The Morgan fingerprint density at radius 1 is 0.958 bits per heavy atom. The summed E-state index contributed by atoms with van der Waals surface area (Å²) >= 11 is 0. The summed E-state index contributed by atoms with van der Waals surface area (Å²) < 4.78 is 61.8. The van der Waals surface area contributed by atoms with Gasteiger partial charge in [0.05, 0.1) is 5.41 Å². The minimum atomic E-state index is -4.71. The number of esters is 2.